The molecule has 1 saturated carbocycles. The number of carbonyl (C=O) groups excluding carboxylic acids is 2. The molecule has 1 N–H and O–H groups in total. The van der Waals surface area contributed by atoms with Crippen molar-refractivity contribution >= 4 is 11.8 Å². The summed E-state index contributed by atoms with van der Waals surface area (Å²) in [5.41, 5.74) is 0.663. The number of fused-ring (bicyclic) bond motifs is 1. The van der Waals surface area contributed by atoms with Gasteiger partial charge in [0.2, 0.25) is 5.91 Å². The van der Waals surface area contributed by atoms with E-state index in [1.54, 1.807) is 0 Å². The fourth-order valence-corrected chi connectivity index (χ4v) is 4.10. The number of aromatic nitrogens is 1. The molecule has 6 nitrogen and oxygen atoms in total. The highest BCUT2D eigenvalue weighted by Gasteiger charge is 2.49. The number of nitrogens with one attached hydrogen (secondary N) is 1. The van der Waals surface area contributed by atoms with Crippen LogP contribution in [0.2, 0.25) is 0 Å². The van der Waals surface area contributed by atoms with Gasteiger partial charge in [-0.3, -0.25) is 9.59 Å². The average molecular weight is 331 g/mol. The van der Waals surface area contributed by atoms with Crippen molar-refractivity contribution in [3.05, 3.63) is 24.0 Å². The maximum absolute atomic E-state index is 12.4. The van der Waals surface area contributed by atoms with E-state index in [1.807, 2.05) is 34.8 Å². The summed E-state index contributed by atoms with van der Waals surface area (Å²) in [5.74, 6) is 1.65. The molecule has 0 unspecified atom stereocenters. The SMILES string of the molecule is C[C@H]1C[C@@H]1C(=O)N1C[C@@H]2[C@@H](CNC(=O)c3cccn3C)CO[C@@H]2C1. The van der Waals surface area contributed by atoms with Gasteiger partial charge in [-0.15, -0.1) is 0 Å². The zero-order valence-corrected chi connectivity index (χ0v) is 14.3. The summed E-state index contributed by atoms with van der Waals surface area (Å²) in [5, 5.41) is 3.02. The van der Waals surface area contributed by atoms with Crippen LogP contribution >= 0.6 is 0 Å². The molecule has 4 rings (SSSR count). The molecule has 2 aliphatic heterocycles. The Morgan fingerprint density at radius 1 is 1.38 bits per heavy atom. The first kappa shape index (κ1) is 15.7. The summed E-state index contributed by atoms with van der Waals surface area (Å²) in [6, 6.07) is 3.68. The molecule has 5 atom stereocenters. The standard InChI is InChI=1S/C18H25N3O3/c1-11-6-13(11)18(23)21-8-14-12(10-24-16(14)9-21)7-19-17(22)15-4-3-5-20(15)2/h3-5,11-14,16H,6-10H2,1-2H3,(H,19,22)/t11-,12-,13-,14+,16+/m0/s1. The molecule has 3 heterocycles. The Bertz CT molecular complexity index is 656. The quantitative estimate of drug-likeness (QED) is 0.891. The third kappa shape index (κ3) is 2.73. The predicted octanol–water partition coefficient (Wildman–Crippen LogP) is 0.884. The minimum absolute atomic E-state index is 0.0521. The maximum atomic E-state index is 12.4. The van der Waals surface area contributed by atoms with Crippen LogP contribution in [-0.2, 0) is 16.6 Å². The summed E-state index contributed by atoms with van der Waals surface area (Å²) in [7, 11) is 1.86. The van der Waals surface area contributed by atoms with Crippen LogP contribution in [0.3, 0.4) is 0 Å². The average Bonchev–Trinajstić information content (AvgIpc) is 2.94. The molecule has 1 aliphatic carbocycles. The van der Waals surface area contributed by atoms with Crippen LogP contribution in [-0.4, -0.2) is 53.6 Å². The summed E-state index contributed by atoms with van der Waals surface area (Å²) in [6.07, 6.45) is 3.03. The Hall–Kier alpha value is -1.82. The van der Waals surface area contributed by atoms with Gasteiger partial charge in [0.25, 0.3) is 5.91 Å². The van der Waals surface area contributed by atoms with Gasteiger partial charge in [-0.1, -0.05) is 6.92 Å². The van der Waals surface area contributed by atoms with Gasteiger partial charge in [0.1, 0.15) is 5.69 Å². The number of rotatable bonds is 4. The van der Waals surface area contributed by atoms with Crippen molar-refractivity contribution in [2.75, 3.05) is 26.2 Å². The highest BCUT2D eigenvalue weighted by molar-refractivity contribution is 5.92. The van der Waals surface area contributed by atoms with E-state index in [-0.39, 0.29) is 23.8 Å². The Morgan fingerprint density at radius 3 is 2.83 bits per heavy atom. The first-order chi connectivity index (χ1) is 11.5. The van der Waals surface area contributed by atoms with Crippen LogP contribution in [0.5, 0.6) is 0 Å². The van der Waals surface area contributed by atoms with E-state index in [0.29, 0.717) is 36.6 Å². The second-order valence-corrected chi connectivity index (χ2v) is 7.57. The third-order valence-electron chi connectivity index (χ3n) is 5.88. The van der Waals surface area contributed by atoms with E-state index in [0.717, 1.165) is 19.5 Å². The minimum atomic E-state index is -0.0521. The lowest BCUT2D eigenvalue weighted by atomic mass is 9.93. The van der Waals surface area contributed by atoms with Crippen LogP contribution in [0, 0.1) is 23.7 Å². The van der Waals surface area contributed by atoms with Crippen molar-refractivity contribution in [3.8, 4) is 0 Å². The summed E-state index contributed by atoms with van der Waals surface area (Å²) < 4.78 is 7.71. The number of hydrogen-bond donors (Lipinski definition) is 1. The molecular formula is C18H25N3O3. The highest BCUT2D eigenvalue weighted by atomic mass is 16.5. The van der Waals surface area contributed by atoms with Gasteiger partial charge < -0.3 is 19.5 Å². The van der Waals surface area contributed by atoms with Gasteiger partial charge >= 0.3 is 0 Å². The number of amides is 2. The van der Waals surface area contributed by atoms with Gasteiger partial charge in [-0.05, 0) is 24.5 Å². The van der Waals surface area contributed by atoms with Crippen molar-refractivity contribution in [3.63, 3.8) is 0 Å². The Labute approximate surface area is 142 Å². The van der Waals surface area contributed by atoms with E-state index in [1.165, 1.54) is 0 Å². The van der Waals surface area contributed by atoms with E-state index >= 15 is 0 Å². The number of carbonyl (C=O) groups is 2. The van der Waals surface area contributed by atoms with Crippen molar-refractivity contribution in [1.82, 2.24) is 14.8 Å². The molecule has 1 aromatic heterocycles. The predicted molar refractivity (Wildman–Crippen MR) is 88.3 cm³/mol. The van der Waals surface area contributed by atoms with E-state index in [2.05, 4.69) is 12.2 Å². The van der Waals surface area contributed by atoms with Crippen LogP contribution in [0.25, 0.3) is 0 Å². The van der Waals surface area contributed by atoms with E-state index in [9.17, 15) is 9.59 Å². The van der Waals surface area contributed by atoms with Gasteiger partial charge in [0.05, 0.1) is 12.7 Å². The van der Waals surface area contributed by atoms with E-state index in [4.69, 9.17) is 4.74 Å². The molecule has 2 saturated heterocycles. The Kier molecular flexibility index (Phi) is 3.87. The molecule has 130 valence electrons. The largest absolute Gasteiger partial charge is 0.376 e. The van der Waals surface area contributed by atoms with Crippen LogP contribution in [0.15, 0.2) is 18.3 Å². The molecule has 2 amide bonds. The van der Waals surface area contributed by atoms with Gasteiger partial charge in [-0.2, -0.15) is 0 Å². The van der Waals surface area contributed by atoms with Crippen LogP contribution < -0.4 is 5.32 Å². The molecule has 3 fully saturated rings. The second kappa shape index (κ2) is 5.92. The molecule has 3 aliphatic rings. The molecule has 0 radical (unpaired) electrons. The number of hydrogen-bond acceptors (Lipinski definition) is 3. The summed E-state index contributed by atoms with van der Waals surface area (Å²) >= 11 is 0. The van der Waals surface area contributed by atoms with Gasteiger partial charge in [0.15, 0.2) is 0 Å². The lowest BCUT2D eigenvalue weighted by molar-refractivity contribution is -0.132. The first-order valence-electron chi connectivity index (χ1n) is 8.84. The summed E-state index contributed by atoms with van der Waals surface area (Å²) in [4.78, 5) is 26.6. The molecule has 6 heteroatoms. The van der Waals surface area contributed by atoms with Crippen molar-refractivity contribution in [2.24, 2.45) is 30.7 Å². The molecule has 0 aromatic carbocycles. The van der Waals surface area contributed by atoms with Crippen molar-refractivity contribution in [2.45, 2.75) is 19.4 Å². The van der Waals surface area contributed by atoms with Crippen LogP contribution in [0.4, 0.5) is 0 Å². The fraction of sp³-hybridized carbons (Fsp3) is 0.667. The van der Waals surface area contributed by atoms with Crippen molar-refractivity contribution in [1.29, 1.82) is 0 Å². The topological polar surface area (TPSA) is 63.6 Å². The zero-order valence-electron chi connectivity index (χ0n) is 14.3. The molecular weight excluding hydrogens is 306 g/mol. The van der Waals surface area contributed by atoms with Crippen molar-refractivity contribution < 1.29 is 14.3 Å². The van der Waals surface area contributed by atoms with E-state index < -0.39 is 0 Å². The number of nitrogens with zero attached hydrogens (tertiary/aromatic N) is 2. The smallest absolute Gasteiger partial charge is 0.267 e. The highest BCUT2D eigenvalue weighted by Crippen LogP contribution is 2.41. The molecule has 1 aromatic rings. The first-order valence-corrected chi connectivity index (χ1v) is 8.84. The lowest BCUT2D eigenvalue weighted by Crippen LogP contribution is -2.36. The maximum Gasteiger partial charge on any atom is 0.267 e. The fourth-order valence-electron chi connectivity index (χ4n) is 4.10. The number of likely N-dealkylation sites (tertiary alicyclic amines) is 1. The molecule has 0 bridgehead atoms. The normalized spacial score (nSPS) is 34.2. The monoisotopic (exact) mass is 331 g/mol. The lowest BCUT2D eigenvalue weighted by Gasteiger charge is -2.20. The molecule has 24 heavy (non-hydrogen) atoms. The van der Waals surface area contributed by atoms with Gasteiger partial charge in [-0.25, -0.2) is 0 Å². The minimum Gasteiger partial charge on any atom is -0.376 e. The Balaban J connectivity index is 1.32. The second-order valence-electron chi connectivity index (χ2n) is 7.57. The third-order valence-corrected chi connectivity index (χ3v) is 5.88. The number of ether oxygens (including phenoxy) is 1. The Morgan fingerprint density at radius 2 is 2.17 bits per heavy atom. The summed E-state index contributed by atoms with van der Waals surface area (Å²) in [6.45, 7) is 4.90. The zero-order chi connectivity index (χ0) is 16.8. The number of aryl methyl sites for hydroxylation is 1. The van der Waals surface area contributed by atoms with Gasteiger partial charge in [0, 0.05) is 50.6 Å². The van der Waals surface area contributed by atoms with Crippen LogP contribution in [0.1, 0.15) is 23.8 Å². The molecule has 0 spiro atoms.